The number of imidazole rings is 1. The summed E-state index contributed by atoms with van der Waals surface area (Å²) in [6.07, 6.45) is 3.34. The van der Waals surface area contributed by atoms with Crippen molar-refractivity contribution in [2.45, 2.75) is 26.1 Å². The van der Waals surface area contributed by atoms with Gasteiger partial charge in [0.05, 0.1) is 29.3 Å². The minimum absolute atomic E-state index is 0.00846. The number of fused-ring (bicyclic) bond motifs is 1. The molecule has 34 heavy (non-hydrogen) atoms. The first-order chi connectivity index (χ1) is 16.4. The highest BCUT2D eigenvalue weighted by molar-refractivity contribution is 6.05. The predicted molar refractivity (Wildman–Crippen MR) is 128 cm³/mol. The standard InChI is InChI=1S/C26H24FN5O2/c1-17(26(34)31(2)25-5-3-4-19-8-9-22(33)11-23(19)25)30-14-21-13-29-16-32(21)15-18-6-7-20(12-28)24(27)10-18/h3-11,13,16-17,30,33H,14-15H2,1-2H3/t17-/m1/s1. The number of phenols is 1. The van der Waals surface area contributed by atoms with Gasteiger partial charge in [0.25, 0.3) is 0 Å². The number of likely N-dealkylation sites (N-methyl/N-ethyl adjacent to an activating group) is 1. The van der Waals surface area contributed by atoms with Gasteiger partial charge in [-0.05, 0) is 48.2 Å². The van der Waals surface area contributed by atoms with Gasteiger partial charge < -0.3 is 19.9 Å². The number of hydrogen-bond acceptors (Lipinski definition) is 5. The average molecular weight is 458 g/mol. The lowest BCUT2D eigenvalue weighted by molar-refractivity contribution is -0.119. The molecule has 1 aromatic heterocycles. The number of aromatic hydroxyl groups is 1. The van der Waals surface area contributed by atoms with Crippen LogP contribution < -0.4 is 10.2 Å². The Morgan fingerprint density at radius 3 is 2.85 bits per heavy atom. The van der Waals surface area contributed by atoms with Gasteiger partial charge in [-0.1, -0.05) is 24.3 Å². The zero-order valence-electron chi connectivity index (χ0n) is 18.9. The van der Waals surface area contributed by atoms with E-state index in [0.717, 1.165) is 16.5 Å². The van der Waals surface area contributed by atoms with Crippen LogP contribution in [0.2, 0.25) is 0 Å². The fourth-order valence-corrected chi connectivity index (χ4v) is 3.87. The van der Waals surface area contributed by atoms with Gasteiger partial charge in [-0.15, -0.1) is 0 Å². The summed E-state index contributed by atoms with van der Waals surface area (Å²) in [5.41, 5.74) is 2.26. The molecule has 0 spiro atoms. The summed E-state index contributed by atoms with van der Waals surface area (Å²) in [5, 5.41) is 23.7. The third-order valence-corrected chi connectivity index (χ3v) is 5.80. The van der Waals surface area contributed by atoms with Crippen molar-refractivity contribution in [3.8, 4) is 11.8 Å². The summed E-state index contributed by atoms with van der Waals surface area (Å²) in [4.78, 5) is 18.9. The van der Waals surface area contributed by atoms with E-state index in [1.165, 1.54) is 12.1 Å². The highest BCUT2D eigenvalue weighted by Gasteiger charge is 2.20. The van der Waals surface area contributed by atoms with Crippen LogP contribution in [0.15, 0.2) is 67.1 Å². The monoisotopic (exact) mass is 457 g/mol. The van der Waals surface area contributed by atoms with Crippen LogP contribution in [-0.4, -0.2) is 33.7 Å². The smallest absolute Gasteiger partial charge is 0.243 e. The highest BCUT2D eigenvalue weighted by Crippen LogP contribution is 2.29. The second kappa shape index (κ2) is 9.73. The molecule has 0 unspecified atom stereocenters. The van der Waals surface area contributed by atoms with Crippen LogP contribution in [0.1, 0.15) is 23.7 Å². The zero-order valence-corrected chi connectivity index (χ0v) is 18.9. The molecule has 0 saturated heterocycles. The number of carbonyl (C=O) groups excluding carboxylic acids is 1. The molecule has 0 aliphatic rings. The molecule has 2 N–H and O–H groups in total. The van der Waals surface area contributed by atoms with Gasteiger partial charge in [0.1, 0.15) is 17.6 Å². The van der Waals surface area contributed by atoms with Crippen molar-refractivity contribution in [1.29, 1.82) is 5.26 Å². The summed E-state index contributed by atoms with van der Waals surface area (Å²) in [7, 11) is 1.71. The fourth-order valence-electron chi connectivity index (χ4n) is 3.87. The van der Waals surface area contributed by atoms with Crippen molar-refractivity contribution in [3.05, 3.63) is 89.8 Å². The van der Waals surface area contributed by atoms with Gasteiger partial charge >= 0.3 is 0 Å². The quantitative estimate of drug-likeness (QED) is 0.438. The van der Waals surface area contributed by atoms with E-state index in [9.17, 15) is 14.3 Å². The van der Waals surface area contributed by atoms with Crippen LogP contribution in [0.4, 0.5) is 10.1 Å². The van der Waals surface area contributed by atoms with Crippen LogP contribution in [-0.2, 0) is 17.9 Å². The second-order valence-corrected chi connectivity index (χ2v) is 8.12. The van der Waals surface area contributed by atoms with Gasteiger partial charge in [0, 0.05) is 31.7 Å². The van der Waals surface area contributed by atoms with E-state index in [1.54, 1.807) is 49.6 Å². The Morgan fingerprint density at radius 2 is 2.09 bits per heavy atom. The van der Waals surface area contributed by atoms with Gasteiger partial charge in [-0.3, -0.25) is 4.79 Å². The Labute approximate surface area is 196 Å². The number of benzene rings is 3. The SMILES string of the molecule is C[C@@H](NCc1cncn1Cc1ccc(C#N)c(F)c1)C(=O)N(C)c1cccc2ccc(O)cc12. The first kappa shape index (κ1) is 23.0. The normalized spacial score (nSPS) is 11.8. The Balaban J connectivity index is 1.44. The number of anilines is 1. The molecule has 0 saturated carbocycles. The molecule has 0 aliphatic heterocycles. The summed E-state index contributed by atoms with van der Waals surface area (Å²) >= 11 is 0. The van der Waals surface area contributed by atoms with E-state index in [-0.39, 0.29) is 17.2 Å². The van der Waals surface area contributed by atoms with Crippen molar-refractivity contribution in [1.82, 2.24) is 14.9 Å². The zero-order chi connectivity index (χ0) is 24.2. The molecule has 7 nitrogen and oxygen atoms in total. The molecule has 0 fully saturated rings. The number of nitrogens with zero attached hydrogens (tertiary/aromatic N) is 4. The third kappa shape index (κ3) is 4.75. The predicted octanol–water partition coefficient (Wildman–Crippen LogP) is 3.94. The van der Waals surface area contributed by atoms with E-state index in [4.69, 9.17) is 5.26 Å². The molecule has 3 aromatic carbocycles. The molecular weight excluding hydrogens is 433 g/mol. The fraction of sp³-hybridized carbons (Fsp3) is 0.192. The highest BCUT2D eigenvalue weighted by atomic mass is 19.1. The number of amides is 1. The molecule has 8 heteroatoms. The van der Waals surface area contributed by atoms with Crippen LogP contribution in [0.25, 0.3) is 10.8 Å². The van der Waals surface area contributed by atoms with Crippen LogP contribution in [0.3, 0.4) is 0 Å². The van der Waals surface area contributed by atoms with Crippen molar-refractivity contribution in [3.63, 3.8) is 0 Å². The molecular formula is C26H24FN5O2. The number of rotatable bonds is 7. The lowest BCUT2D eigenvalue weighted by Gasteiger charge is -2.24. The van der Waals surface area contributed by atoms with Crippen molar-refractivity contribution < 1.29 is 14.3 Å². The number of nitrogens with one attached hydrogen (secondary N) is 1. The van der Waals surface area contributed by atoms with Crippen LogP contribution in [0, 0.1) is 17.1 Å². The topological polar surface area (TPSA) is 94.2 Å². The number of phenolic OH excluding ortho intramolecular Hbond substituents is 1. The lowest BCUT2D eigenvalue weighted by atomic mass is 10.1. The first-order valence-electron chi connectivity index (χ1n) is 10.8. The molecule has 172 valence electrons. The van der Waals surface area contributed by atoms with Gasteiger partial charge in [-0.25, -0.2) is 9.37 Å². The lowest BCUT2D eigenvalue weighted by Crippen LogP contribution is -2.43. The number of halogens is 1. The summed E-state index contributed by atoms with van der Waals surface area (Å²) in [6, 6.07) is 16.6. The number of carbonyl (C=O) groups is 1. The molecule has 4 aromatic rings. The summed E-state index contributed by atoms with van der Waals surface area (Å²) < 4.78 is 15.8. The Bertz CT molecular complexity index is 1390. The minimum Gasteiger partial charge on any atom is -0.508 e. The number of nitriles is 1. The first-order valence-corrected chi connectivity index (χ1v) is 10.8. The van der Waals surface area contributed by atoms with Gasteiger partial charge in [0.2, 0.25) is 5.91 Å². The molecule has 0 bridgehead atoms. The minimum atomic E-state index is -0.552. The maximum absolute atomic E-state index is 13.9. The Hall–Kier alpha value is -4.22. The van der Waals surface area contributed by atoms with E-state index >= 15 is 0 Å². The summed E-state index contributed by atoms with van der Waals surface area (Å²) in [6.45, 7) is 2.56. The maximum atomic E-state index is 13.9. The van der Waals surface area contributed by atoms with Crippen LogP contribution in [0.5, 0.6) is 5.75 Å². The molecule has 0 aliphatic carbocycles. The van der Waals surface area contributed by atoms with Gasteiger partial charge in [-0.2, -0.15) is 5.26 Å². The second-order valence-electron chi connectivity index (χ2n) is 8.12. The Kier molecular flexibility index (Phi) is 6.57. The molecule has 1 amide bonds. The maximum Gasteiger partial charge on any atom is 0.243 e. The molecule has 4 rings (SSSR count). The van der Waals surface area contributed by atoms with Crippen LogP contribution >= 0.6 is 0 Å². The van der Waals surface area contributed by atoms with Crippen molar-refractivity contribution in [2.75, 3.05) is 11.9 Å². The van der Waals surface area contributed by atoms with E-state index in [1.807, 2.05) is 34.9 Å². The number of hydrogen-bond donors (Lipinski definition) is 2. The van der Waals surface area contributed by atoms with E-state index < -0.39 is 11.9 Å². The van der Waals surface area contributed by atoms with E-state index in [2.05, 4.69) is 10.3 Å². The summed E-state index contributed by atoms with van der Waals surface area (Å²) in [5.74, 6) is -0.540. The van der Waals surface area contributed by atoms with Gasteiger partial charge in [0.15, 0.2) is 0 Å². The molecule has 0 radical (unpaired) electrons. The molecule has 1 heterocycles. The van der Waals surface area contributed by atoms with Crippen molar-refractivity contribution in [2.24, 2.45) is 0 Å². The third-order valence-electron chi connectivity index (χ3n) is 5.80. The largest absolute Gasteiger partial charge is 0.508 e. The average Bonchev–Trinajstić information content (AvgIpc) is 3.28. The van der Waals surface area contributed by atoms with E-state index in [0.29, 0.717) is 24.3 Å². The number of aromatic nitrogens is 2. The van der Waals surface area contributed by atoms with Crippen molar-refractivity contribution >= 4 is 22.4 Å². The molecule has 1 atom stereocenters. The Morgan fingerprint density at radius 1 is 1.26 bits per heavy atom.